The molecule has 0 saturated heterocycles. The summed E-state index contributed by atoms with van der Waals surface area (Å²) in [6, 6.07) is 4.86. The summed E-state index contributed by atoms with van der Waals surface area (Å²) < 4.78 is 19.7. The Morgan fingerprint density at radius 3 is 2.95 bits per heavy atom. The van der Waals surface area contributed by atoms with E-state index in [2.05, 4.69) is 10.3 Å². The third kappa shape index (κ3) is 2.94. The monoisotopic (exact) mass is 307 g/mol. The molecule has 1 aromatic rings. The molecule has 3 atom stereocenters. The molecule has 0 spiro atoms. The van der Waals surface area contributed by atoms with Crippen LogP contribution in [0, 0.1) is 5.82 Å². The van der Waals surface area contributed by atoms with E-state index in [1.165, 1.54) is 6.07 Å². The number of ether oxygens (including phenoxy) is 1. The quantitative estimate of drug-likeness (QED) is 0.795. The third-order valence-electron chi connectivity index (χ3n) is 4.40. The van der Waals surface area contributed by atoms with Crippen LogP contribution in [-0.4, -0.2) is 36.3 Å². The van der Waals surface area contributed by atoms with Crippen LogP contribution in [0.15, 0.2) is 23.2 Å². The molecular weight excluding hydrogens is 285 g/mol. The maximum Gasteiger partial charge on any atom is 0.129 e. The highest BCUT2D eigenvalue weighted by Gasteiger charge is 2.33. The van der Waals surface area contributed by atoms with Crippen LogP contribution >= 0.6 is 0 Å². The van der Waals surface area contributed by atoms with Gasteiger partial charge in [-0.1, -0.05) is 0 Å². The van der Waals surface area contributed by atoms with E-state index in [1.54, 1.807) is 12.1 Å². The minimum absolute atomic E-state index is 0.0160. The Hall–Kier alpha value is -1.66. The van der Waals surface area contributed by atoms with E-state index < -0.39 is 5.54 Å². The van der Waals surface area contributed by atoms with Crippen molar-refractivity contribution in [2.24, 2.45) is 10.7 Å². The van der Waals surface area contributed by atoms with E-state index in [1.807, 2.05) is 6.92 Å². The molecule has 120 valence electrons. The molecule has 4 N–H and O–H groups in total. The lowest BCUT2D eigenvalue weighted by atomic mass is 9.91. The minimum Gasteiger partial charge on any atom is -0.391 e. The van der Waals surface area contributed by atoms with Crippen molar-refractivity contribution in [3.63, 3.8) is 0 Å². The average Bonchev–Trinajstić information content (AvgIpc) is 2.86. The molecule has 1 aromatic carbocycles. The number of nitrogens with two attached hydrogens (primary N) is 1. The number of nitrogens with one attached hydrogen (secondary N) is 1. The molecular formula is C16H22FN3O2. The predicted molar refractivity (Wildman–Crippen MR) is 83.5 cm³/mol. The number of hydrogen-bond donors (Lipinski definition) is 3. The van der Waals surface area contributed by atoms with Crippen LogP contribution in [0.4, 0.5) is 10.1 Å². The summed E-state index contributed by atoms with van der Waals surface area (Å²) in [6.07, 6.45) is 2.37. The second-order valence-electron chi connectivity index (χ2n) is 6.31. The van der Waals surface area contributed by atoms with Crippen LogP contribution in [0.1, 0.15) is 31.7 Å². The molecule has 1 fully saturated rings. The average molecular weight is 307 g/mol. The second kappa shape index (κ2) is 5.85. The maximum atomic E-state index is 14.3. The fourth-order valence-electron chi connectivity index (χ4n) is 3.22. The van der Waals surface area contributed by atoms with E-state index in [0.717, 1.165) is 24.9 Å². The van der Waals surface area contributed by atoms with Gasteiger partial charge >= 0.3 is 0 Å². The summed E-state index contributed by atoms with van der Waals surface area (Å²) in [6.45, 7) is 2.38. The van der Waals surface area contributed by atoms with Crippen molar-refractivity contribution >= 4 is 11.5 Å². The molecule has 5 nitrogen and oxygen atoms in total. The van der Waals surface area contributed by atoms with E-state index in [9.17, 15) is 9.50 Å². The van der Waals surface area contributed by atoms with Crippen LogP contribution in [0.3, 0.4) is 0 Å². The van der Waals surface area contributed by atoms with Gasteiger partial charge in [0.15, 0.2) is 0 Å². The van der Waals surface area contributed by atoms with Crippen LogP contribution < -0.4 is 11.1 Å². The number of aliphatic hydroxyl groups is 1. The van der Waals surface area contributed by atoms with Crippen LogP contribution in [0.2, 0.25) is 0 Å². The van der Waals surface area contributed by atoms with Gasteiger partial charge in [0.25, 0.3) is 0 Å². The van der Waals surface area contributed by atoms with Gasteiger partial charge < -0.3 is 20.9 Å². The molecule has 1 aliphatic carbocycles. The van der Waals surface area contributed by atoms with Gasteiger partial charge in [0, 0.05) is 11.3 Å². The molecule has 0 bridgehead atoms. The van der Waals surface area contributed by atoms with Crippen molar-refractivity contribution in [3.05, 3.63) is 29.6 Å². The smallest absolute Gasteiger partial charge is 0.129 e. The number of hydrogen-bond acceptors (Lipinski definition) is 5. The highest BCUT2D eigenvalue weighted by atomic mass is 19.1. The Bertz CT molecular complexity index is 593. The van der Waals surface area contributed by atoms with E-state index >= 15 is 0 Å². The van der Waals surface area contributed by atoms with Crippen molar-refractivity contribution in [2.45, 2.75) is 43.9 Å². The van der Waals surface area contributed by atoms with Crippen molar-refractivity contribution in [1.82, 2.24) is 0 Å². The SMILES string of the molecule is CC1(c2cc(N[C@H]3CCC[C@@H]3O)ccc2F)COCC(N)=N1. The molecule has 2 aliphatic rings. The molecule has 22 heavy (non-hydrogen) atoms. The van der Waals surface area contributed by atoms with Crippen molar-refractivity contribution in [1.29, 1.82) is 0 Å². The number of nitrogens with zero attached hydrogens (tertiary/aromatic N) is 1. The second-order valence-corrected chi connectivity index (χ2v) is 6.31. The van der Waals surface area contributed by atoms with Gasteiger partial charge in [0.05, 0.1) is 18.8 Å². The molecule has 1 aliphatic heterocycles. The fraction of sp³-hybridized carbons (Fsp3) is 0.562. The van der Waals surface area contributed by atoms with Crippen LogP contribution in [0.5, 0.6) is 0 Å². The molecule has 6 heteroatoms. The fourth-order valence-corrected chi connectivity index (χ4v) is 3.22. The lowest BCUT2D eigenvalue weighted by Gasteiger charge is -2.31. The number of rotatable bonds is 3. The van der Waals surface area contributed by atoms with Gasteiger partial charge in [0.2, 0.25) is 0 Å². The number of amidine groups is 1. The Labute approximate surface area is 129 Å². The number of benzene rings is 1. The van der Waals surface area contributed by atoms with Gasteiger partial charge in [-0.15, -0.1) is 0 Å². The first-order valence-corrected chi connectivity index (χ1v) is 7.64. The molecule has 0 radical (unpaired) electrons. The Morgan fingerprint density at radius 2 is 2.27 bits per heavy atom. The van der Waals surface area contributed by atoms with Gasteiger partial charge in [-0.3, -0.25) is 4.99 Å². The summed E-state index contributed by atoms with van der Waals surface area (Å²) in [5, 5.41) is 13.2. The summed E-state index contributed by atoms with van der Waals surface area (Å²) in [7, 11) is 0. The van der Waals surface area contributed by atoms with Crippen molar-refractivity contribution in [3.8, 4) is 0 Å². The topological polar surface area (TPSA) is 79.9 Å². The Balaban J connectivity index is 1.88. The van der Waals surface area contributed by atoms with Crippen molar-refractivity contribution < 1.29 is 14.2 Å². The van der Waals surface area contributed by atoms with E-state index in [0.29, 0.717) is 18.0 Å². The zero-order valence-corrected chi connectivity index (χ0v) is 12.7. The summed E-state index contributed by atoms with van der Waals surface area (Å²) >= 11 is 0. The first-order valence-electron chi connectivity index (χ1n) is 7.64. The van der Waals surface area contributed by atoms with E-state index in [-0.39, 0.29) is 24.6 Å². The third-order valence-corrected chi connectivity index (χ3v) is 4.40. The number of aliphatic hydroxyl groups excluding tert-OH is 1. The van der Waals surface area contributed by atoms with Crippen LogP contribution in [-0.2, 0) is 10.3 Å². The van der Waals surface area contributed by atoms with Gasteiger partial charge in [-0.05, 0) is 44.4 Å². The zero-order valence-electron chi connectivity index (χ0n) is 12.7. The molecule has 1 unspecified atom stereocenters. The number of anilines is 1. The largest absolute Gasteiger partial charge is 0.391 e. The van der Waals surface area contributed by atoms with Gasteiger partial charge in [-0.25, -0.2) is 4.39 Å². The highest BCUT2D eigenvalue weighted by Crippen LogP contribution is 2.33. The zero-order chi connectivity index (χ0) is 15.7. The number of halogens is 1. The molecule has 1 saturated carbocycles. The van der Waals surface area contributed by atoms with Crippen LogP contribution in [0.25, 0.3) is 0 Å². The number of aliphatic imine (C=N–C) groups is 1. The Morgan fingerprint density at radius 1 is 1.45 bits per heavy atom. The first kappa shape index (κ1) is 15.2. The summed E-state index contributed by atoms with van der Waals surface area (Å²) in [4.78, 5) is 4.39. The molecule has 0 aromatic heterocycles. The summed E-state index contributed by atoms with van der Waals surface area (Å²) in [5.74, 6) is 0.0415. The standard InChI is InChI=1S/C16H22FN3O2/c1-16(9-22-8-15(18)20-16)11-7-10(5-6-12(11)17)19-13-3-2-4-14(13)21/h5-7,13-14,19,21H,2-4,8-9H2,1H3,(H2,18,20)/t13-,14-,16?/m0/s1. The maximum absolute atomic E-state index is 14.3. The molecule has 1 heterocycles. The molecule has 0 amide bonds. The Kier molecular flexibility index (Phi) is 4.06. The highest BCUT2D eigenvalue weighted by molar-refractivity contribution is 5.82. The summed E-state index contributed by atoms with van der Waals surface area (Å²) in [5.41, 5.74) is 6.15. The molecule has 3 rings (SSSR count). The van der Waals surface area contributed by atoms with E-state index in [4.69, 9.17) is 10.5 Å². The minimum atomic E-state index is -0.821. The lowest BCUT2D eigenvalue weighted by molar-refractivity contribution is 0.104. The van der Waals surface area contributed by atoms with Gasteiger partial charge in [0.1, 0.15) is 23.8 Å². The lowest BCUT2D eigenvalue weighted by Crippen LogP contribution is -2.38. The normalized spacial score (nSPS) is 31.9. The van der Waals surface area contributed by atoms with Crippen molar-refractivity contribution in [2.75, 3.05) is 18.5 Å². The van der Waals surface area contributed by atoms with Gasteiger partial charge in [-0.2, -0.15) is 0 Å². The predicted octanol–water partition coefficient (Wildman–Crippen LogP) is 1.75. The first-order chi connectivity index (χ1) is 10.5.